The third-order valence-corrected chi connectivity index (χ3v) is 3.33. The van der Waals surface area contributed by atoms with E-state index in [1.165, 1.54) is 6.07 Å². The van der Waals surface area contributed by atoms with Crippen molar-refractivity contribution in [3.63, 3.8) is 0 Å². The molecule has 1 heterocycles. The van der Waals surface area contributed by atoms with Crippen LogP contribution in [0.2, 0.25) is 0 Å². The van der Waals surface area contributed by atoms with Crippen molar-refractivity contribution < 1.29 is 4.39 Å². The van der Waals surface area contributed by atoms with Crippen molar-refractivity contribution in [3.05, 3.63) is 57.9 Å². The highest BCUT2D eigenvalue weighted by Gasteiger charge is 2.21. The molecule has 94 valence electrons. The average molecular weight is 311 g/mol. The molecule has 0 aliphatic rings. The standard InChI is InChI=1S/C12H12BrFN4/c13-8-4-1-5-9(14)10(8)11(18-16)7-3-2-6-17-12(7)15/h1-6,11,18H,16H2,(H2,15,17). The monoisotopic (exact) mass is 310 g/mol. The van der Waals surface area contributed by atoms with E-state index in [1.54, 1.807) is 30.5 Å². The van der Waals surface area contributed by atoms with Gasteiger partial charge in [-0.2, -0.15) is 0 Å². The highest BCUT2D eigenvalue weighted by molar-refractivity contribution is 9.10. The number of rotatable bonds is 3. The first kappa shape index (κ1) is 12.9. The van der Waals surface area contributed by atoms with E-state index in [4.69, 9.17) is 11.6 Å². The smallest absolute Gasteiger partial charge is 0.129 e. The number of aromatic nitrogens is 1. The van der Waals surface area contributed by atoms with Gasteiger partial charge in [0.25, 0.3) is 0 Å². The summed E-state index contributed by atoms with van der Waals surface area (Å²) in [6, 6.07) is 7.65. The van der Waals surface area contributed by atoms with E-state index in [9.17, 15) is 4.39 Å². The fourth-order valence-corrected chi connectivity index (χ4v) is 2.36. The predicted octanol–water partition coefficient (Wildman–Crippen LogP) is 2.12. The summed E-state index contributed by atoms with van der Waals surface area (Å²) in [5.41, 5.74) is 9.39. The number of benzene rings is 1. The van der Waals surface area contributed by atoms with Crippen LogP contribution in [0.3, 0.4) is 0 Å². The van der Waals surface area contributed by atoms with Crippen LogP contribution in [0, 0.1) is 5.82 Å². The largest absolute Gasteiger partial charge is 0.383 e. The molecule has 0 saturated carbocycles. The van der Waals surface area contributed by atoms with Crippen LogP contribution in [0.1, 0.15) is 17.2 Å². The van der Waals surface area contributed by atoms with Gasteiger partial charge < -0.3 is 5.73 Å². The number of nitrogens with zero attached hydrogens (tertiary/aromatic N) is 1. The Morgan fingerprint density at radius 3 is 2.67 bits per heavy atom. The minimum Gasteiger partial charge on any atom is -0.383 e. The Morgan fingerprint density at radius 1 is 1.28 bits per heavy atom. The molecule has 18 heavy (non-hydrogen) atoms. The van der Waals surface area contributed by atoms with Crippen molar-refractivity contribution in [2.45, 2.75) is 6.04 Å². The second kappa shape index (κ2) is 5.43. The van der Waals surface area contributed by atoms with E-state index in [1.807, 2.05) is 0 Å². The quantitative estimate of drug-likeness (QED) is 0.599. The van der Waals surface area contributed by atoms with Gasteiger partial charge in [-0.05, 0) is 18.2 Å². The van der Waals surface area contributed by atoms with Crippen LogP contribution < -0.4 is 17.0 Å². The number of halogens is 2. The van der Waals surface area contributed by atoms with E-state index in [0.29, 0.717) is 21.4 Å². The first-order chi connectivity index (χ1) is 8.65. The molecule has 2 rings (SSSR count). The molecular formula is C12H12BrFN4. The van der Waals surface area contributed by atoms with Crippen LogP contribution in [0.25, 0.3) is 0 Å². The van der Waals surface area contributed by atoms with Crippen LogP contribution in [0.5, 0.6) is 0 Å². The zero-order valence-corrected chi connectivity index (χ0v) is 11.0. The number of nitrogens with two attached hydrogens (primary N) is 2. The summed E-state index contributed by atoms with van der Waals surface area (Å²) in [6.45, 7) is 0. The van der Waals surface area contributed by atoms with E-state index >= 15 is 0 Å². The van der Waals surface area contributed by atoms with Gasteiger partial charge in [-0.15, -0.1) is 0 Å². The van der Waals surface area contributed by atoms with Gasteiger partial charge in [0, 0.05) is 21.8 Å². The molecule has 0 aliphatic carbocycles. The fourth-order valence-electron chi connectivity index (χ4n) is 1.79. The van der Waals surface area contributed by atoms with Crippen molar-refractivity contribution in [1.82, 2.24) is 10.4 Å². The number of anilines is 1. The van der Waals surface area contributed by atoms with Gasteiger partial charge in [0.1, 0.15) is 11.6 Å². The molecule has 0 bridgehead atoms. The Balaban J connectivity index is 2.56. The minimum absolute atomic E-state index is 0.315. The Kier molecular flexibility index (Phi) is 3.90. The Hall–Kier alpha value is -1.50. The van der Waals surface area contributed by atoms with Crippen molar-refractivity contribution in [2.24, 2.45) is 5.84 Å². The number of hydrazine groups is 1. The average Bonchev–Trinajstić information content (AvgIpc) is 2.35. The van der Waals surface area contributed by atoms with Crippen molar-refractivity contribution >= 4 is 21.7 Å². The highest BCUT2D eigenvalue weighted by atomic mass is 79.9. The van der Waals surface area contributed by atoms with Gasteiger partial charge >= 0.3 is 0 Å². The summed E-state index contributed by atoms with van der Waals surface area (Å²) in [5.74, 6) is 5.47. The first-order valence-electron chi connectivity index (χ1n) is 5.25. The van der Waals surface area contributed by atoms with Gasteiger partial charge in [0.05, 0.1) is 6.04 Å². The number of nitrogens with one attached hydrogen (secondary N) is 1. The summed E-state index contributed by atoms with van der Waals surface area (Å²) >= 11 is 3.31. The molecule has 0 fully saturated rings. The van der Waals surface area contributed by atoms with Gasteiger partial charge in [-0.3, -0.25) is 5.84 Å². The van der Waals surface area contributed by atoms with Crippen LogP contribution >= 0.6 is 15.9 Å². The summed E-state index contributed by atoms with van der Waals surface area (Å²) in [6.07, 6.45) is 1.57. The van der Waals surface area contributed by atoms with E-state index in [2.05, 4.69) is 26.3 Å². The first-order valence-corrected chi connectivity index (χ1v) is 6.05. The molecule has 0 radical (unpaired) electrons. The van der Waals surface area contributed by atoms with Crippen molar-refractivity contribution in [1.29, 1.82) is 0 Å². The summed E-state index contributed by atoms with van der Waals surface area (Å²) < 4.78 is 14.5. The zero-order chi connectivity index (χ0) is 13.1. The molecule has 6 heteroatoms. The third kappa shape index (κ3) is 2.35. The Labute approximate surface area is 112 Å². The number of hydrogen-bond acceptors (Lipinski definition) is 4. The molecule has 5 N–H and O–H groups in total. The molecule has 0 amide bonds. The molecule has 0 aliphatic heterocycles. The van der Waals surface area contributed by atoms with Crippen LogP contribution in [0.4, 0.5) is 10.2 Å². The Bertz CT molecular complexity index is 541. The maximum atomic E-state index is 13.9. The number of pyridine rings is 1. The third-order valence-electron chi connectivity index (χ3n) is 2.64. The normalized spacial score (nSPS) is 12.4. The summed E-state index contributed by atoms with van der Waals surface area (Å²) in [4.78, 5) is 3.98. The minimum atomic E-state index is -0.561. The van der Waals surface area contributed by atoms with Gasteiger partial charge in [-0.1, -0.05) is 28.1 Å². The molecule has 0 saturated heterocycles. The lowest BCUT2D eigenvalue weighted by atomic mass is 9.99. The van der Waals surface area contributed by atoms with E-state index in [-0.39, 0.29) is 5.82 Å². The van der Waals surface area contributed by atoms with Crippen LogP contribution in [-0.2, 0) is 0 Å². The fraction of sp³-hybridized carbons (Fsp3) is 0.0833. The molecule has 0 spiro atoms. The summed E-state index contributed by atoms with van der Waals surface area (Å²) in [7, 11) is 0. The molecule has 2 aromatic rings. The van der Waals surface area contributed by atoms with Gasteiger partial charge in [0.15, 0.2) is 0 Å². The van der Waals surface area contributed by atoms with Gasteiger partial charge in [0.2, 0.25) is 0 Å². The Morgan fingerprint density at radius 2 is 2.06 bits per heavy atom. The van der Waals surface area contributed by atoms with Crippen molar-refractivity contribution in [3.8, 4) is 0 Å². The number of hydrogen-bond donors (Lipinski definition) is 3. The van der Waals surface area contributed by atoms with E-state index in [0.717, 1.165) is 0 Å². The van der Waals surface area contributed by atoms with Gasteiger partial charge in [-0.25, -0.2) is 14.8 Å². The van der Waals surface area contributed by atoms with Crippen LogP contribution in [-0.4, -0.2) is 4.98 Å². The molecule has 4 nitrogen and oxygen atoms in total. The van der Waals surface area contributed by atoms with E-state index < -0.39 is 6.04 Å². The van der Waals surface area contributed by atoms with Crippen molar-refractivity contribution in [2.75, 3.05) is 5.73 Å². The zero-order valence-electron chi connectivity index (χ0n) is 9.40. The maximum absolute atomic E-state index is 13.9. The lowest BCUT2D eigenvalue weighted by Crippen LogP contribution is -2.30. The lowest BCUT2D eigenvalue weighted by molar-refractivity contribution is 0.558. The second-order valence-electron chi connectivity index (χ2n) is 3.71. The number of nitrogen functional groups attached to an aromatic ring is 1. The lowest BCUT2D eigenvalue weighted by Gasteiger charge is -2.19. The SMILES string of the molecule is NNC(c1cccnc1N)c1c(F)cccc1Br. The maximum Gasteiger partial charge on any atom is 0.129 e. The predicted molar refractivity (Wildman–Crippen MR) is 71.9 cm³/mol. The van der Waals surface area contributed by atoms with Crippen LogP contribution in [0.15, 0.2) is 41.0 Å². The molecule has 1 aromatic heterocycles. The molecule has 1 unspecified atom stereocenters. The molecule has 1 atom stereocenters. The molecule has 1 aromatic carbocycles. The molecular weight excluding hydrogens is 299 g/mol. The summed E-state index contributed by atoms with van der Waals surface area (Å²) in [5, 5.41) is 0. The topological polar surface area (TPSA) is 77.0 Å². The highest BCUT2D eigenvalue weighted by Crippen LogP contribution is 2.32. The second-order valence-corrected chi connectivity index (χ2v) is 4.57.